The summed E-state index contributed by atoms with van der Waals surface area (Å²) in [7, 11) is 1.94. The molecule has 0 bridgehead atoms. The number of aromatic nitrogens is 2. The fourth-order valence-corrected chi connectivity index (χ4v) is 1.85. The molecule has 0 aliphatic carbocycles. The second kappa shape index (κ2) is 4.53. The number of benzene rings is 1. The van der Waals surface area contributed by atoms with E-state index in [1.165, 1.54) is 0 Å². The van der Waals surface area contributed by atoms with Crippen LogP contribution in [-0.2, 0) is 18.3 Å². The lowest BCUT2D eigenvalue weighted by molar-refractivity contribution is -0.126. The van der Waals surface area contributed by atoms with E-state index in [-0.39, 0.29) is 5.78 Å². The number of carbonyl (C=O) groups is 1. The number of ketones is 1. The van der Waals surface area contributed by atoms with Gasteiger partial charge in [0.1, 0.15) is 11.6 Å². The Labute approximate surface area is 107 Å². The minimum Gasteiger partial charge on any atom is -0.331 e. The Balaban J connectivity index is 2.33. The molecule has 2 N–H and O–H groups in total. The smallest absolute Gasteiger partial charge is 0.147 e. The topological polar surface area (TPSA) is 60.9 Å². The molecule has 0 saturated carbocycles. The Morgan fingerprint density at radius 2 is 2.06 bits per heavy atom. The largest absolute Gasteiger partial charge is 0.331 e. The van der Waals surface area contributed by atoms with Crippen LogP contribution in [0.5, 0.6) is 0 Å². The van der Waals surface area contributed by atoms with Crippen molar-refractivity contribution in [3.8, 4) is 0 Å². The minimum atomic E-state index is -0.488. The van der Waals surface area contributed by atoms with Crippen molar-refractivity contribution in [1.82, 2.24) is 9.55 Å². The molecule has 96 valence electrons. The molecule has 0 atom stereocenters. The first-order chi connectivity index (χ1) is 8.45. The SMILES string of the molecule is Cn1c(CC(=O)C(C)(C)CN)nc2ccccc21. The molecule has 0 saturated heterocycles. The predicted octanol–water partition coefficient (Wildman–Crippen LogP) is 1.67. The number of rotatable bonds is 4. The molecule has 4 nitrogen and oxygen atoms in total. The Morgan fingerprint density at radius 3 is 2.67 bits per heavy atom. The summed E-state index contributed by atoms with van der Waals surface area (Å²) in [5.41, 5.74) is 7.11. The van der Waals surface area contributed by atoms with E-state index in [1.807, 2.05) is 49.7 Å². The summed E-state index contributed by atoms with van der Waals surface area (Å²) in [5, 5.41) is 0. The predicted molar refractivity (Wildman–Crippen MR) is 72.3 cm³/mol. The number of aryl methyl sites for hydroxylation is 1. The van der Waals surface area contributed by atoms with Crippen LogP contribution in [0.15, 0.2) is 24.3 Å². The molecule has 4 heteroatoms. The minimum absolute atomic E-state index is 0.128. The number of carbonyl (C=O) groups excluding carboxylic acids is 1. The first-order valence-corrected chi connectivity index (χ1v) is 6.09. The Kier molecular flexibility index (Phi) is 3.22. The van der Waals surface area contributed by atoms with Crippen LogP contribution in [0.3, 0.4) is 0 Å². The van der Waals surface area contributed by atoms with Gasteiger partial charge in [0.05, 0.1) is 17.5 Å². The molecule has 1 heterocycles. The molecule has 0 aliphatic rings. The van der Waals surface area contributed by atoms with Crippen molar-refractivity contribution in [1.29, 1.82) is 0 Å². The van der Waals surface area contributed by atoms with Crippen molar-refractivity contribution in [2.45, 2.75) is 20.3 Å². The van der Waals surface area contributed by atoms with E-state index >= 15 is 0 Å². The van der Waals surface area contributed by atoms with E-state index in [0.29, 0.717) is 13.0 Å². The van der Waals surface area contributed by atoms with Crippen LogP contribution in [0.4, 0.5) is 0 Å². The summed E-state index contributed by atoms with van der Waals surface area (Å²) in [6, 6.07) is 7.88. The van der Waals surface area contributed by atoms with Gasteiger partial charge in [0.2, 0.25) is 0 Å². The van der Waals surface area contributed by atoms with E-state index in [0.717, 1.165) is 16.9 Å². The van der Waals surface area contributed by atoms with Crippen molar-refractivity contribution in [2.24, 2.45) is 18.2 Å². The maximum Gasteiger partial charge on any atom is 0.147 e. The molecule has 1 aromatic carbocycles. The third kappa shape index (κ3) is 2.16. The quantitative estimate of drug-likeness (QED) is 0.891. The molecule has 2 aromatic rings. The number of para-hydroxylation sites is 2. The monoisotopic (exact) mass is 245 g/mol. The summed E-state index contributed by atoms with van der Waals surface area (Å²) in [5.74, 6) is 0.922. The number of hydrogen-bond acceptors (Lipinski definition) is 3. The van der Waals surface area contributed by atoms with Crippen molar-refractivity contribution < 1.29 is 4.79 Å². The highest BCUT2D eigenvalue weighted by Gasteiger charge is 2.27. The first-order valence-electron chi connectivity index (χ1n) is 6.09. The highest BCUT2D eigenvalue weighted by molar-refractivity contribution is 5.87. The summed E-state index contributed by atoms with van der Waals surface area (Å²) < 4.78 is 1.97. The van der Waals surface area contributed by atoms with Crippen LogP contribution in [-0.4, -0.2) is 21.9 Å². The van der Waals surface area contributed by atoms with Crippen LogP contribution in [0.2, 0.25) is 0 Å². The molecule has 1 aromatic heterocycles. The zero-order chi connectivity index (χ0) is 13.3. The van der Waals surface area contributed by atoms with Gasteiger partial charge < -0.3 is 10.3 Å². The van der Waals surface area contributed by atoms with Crippen LogP contribution in [0, 0.1) is 5.41 Å². The average Bonchev–Trinajstić information content (AvgIpc) is 2.67. The van der Waals surface area contributed by atoms with Gasteiger partial charge in [0.15, 0.2) is 0 Å². The van der Waals surface area contributed by atoms with Crippen molar-refractivity contribution in [3.63, 3.8) is 0 Å². The molecule has 0 radical (unpaired) electrons. The second-order valence-electron chi connectivity index (χ2n) is 5.26. The molecule has 0 aliphatic heterocycles. The van der Waals surface area contributed by atoms with Gasteiger partial charge in [0, 0.05) is 19.0 Å². The Bertz CT molecular complexity index is 584. The van der Waals surface area contributed by atoms with Gasteiger partial charge in [-0.2, -0.15) is 0 Å². The number of nitrogens with zero attached hydrogens (tertiary/aromatic N) is 2. The highest BCUT2D eigenvalue weighted by atomic mass is 16.1. The van der Waals surface area contributed by atoms with Gasteiger partial charge in [0.25, 0.3) is 0 Å². The third-order valence-electron chi connectivity index (χ3n) is 3.46. The van der Waals surface area contributed by atoms with Gasteiger partial charge in [-0.15, -0.1) is 0 Å². The number of nitrogens with two attached hydrogens (primary N) is 1. The lowest BCUT2D eigenvalue weighted by atomic mass is 9.86. The molecule has 18 heavy (non-hydrogen) atoms. The summed E-state index contributed by atoms with van der Waals surface area (Å²) in [6.45, 7) is 4.10. The van der Waals surface area contributed by atoms with E-state index in [1.54, 1.807) is 0 Å². The highest BCUT2D eigenvalue weighted by Crippen LogP contribution is 2.20. The normalized spacial score (nSPS) is 12.0. The summed E-state index contributed by atoms with van der Waals surface area (Å²) in [4.78, 5) is 16.7. The van der Waals surface area contributed by atoms with Gasteiger partial charge in [-0.05, 0) is 12.1 Å². The zero-order valence-corrected chi connectivity index (χ0v) is 11.1. The molecule has 0 fully saturated rings. The van der Waals surface area contributed by atoms with E-state index in [2.05, 4.69) is 4.98 Å². The molecule has 2 rings (SSSR count). The standard InChI is InChI=1S/C14H19N3O/c1-14(2,9-15)12(18)8-13-16-10-6-4-5-7-11(10)17(13)3/h4-7H,8-9,15H2,1-3H3. The van der Waals surface area contributed by atoms with E-state index in [9.17, 15) is 4.79 Å². The second-order valence-corrected chi connectivity index (χ2v) is 5.26. The van der Waals surface area contributed by atoms with Gasteiger partial charge >= 0.3 is 0 Å². The summed E-state index contributed by atoms with van der Waals surface area (Å²) >= 11 is 0. The fraction of sp³-hybridized carbons (Fsp3) is 0.429. The fourth-order valence-electron chi connectivity index (χ4n) is 1.85. The number of Topliss-reactive ketones (excluding diaryl/α,β-unsaturated/α-hetero) is 1. The maximum absolute atomic E-state index is 12.2. The number of hydrogen-bond donors (Lipinski definition) is 1. The molecule has 0 unspecified atom stereocenters. The van der Waals surface area contributed by atoms with Gasteiger partial charge in [-0.25, -0.2) is 4.98 Å². The lowest BCUT2D eigenvalue weighted by Gasteiger charge is -2.20. The molecular weight excluding hydrogens is 226 g/mol. The van der Waals surface area contributed by atoms with E-state index in [4.69, 9.17) is 5.73 Å². The Morgan fingerprint density at radius 1 is 1.39 bits per heavy atom. The zero-order valence-electron chi connectivity index (χ0n) is 11.1. The van der Waals surface area contributed by atoms with Gasteiger partial charge in [-0.1, -0.05) is 26.0 Å². The molecular formula is C14H19N3O. The number of fused-ring (bicyclic) bond motifs is 1. The third-order valence-corrected chi connectivity index (χ3v) is 3.46. The maximum atomic E-state index is 12.2. The van der Waals surface area contributed by atoms with Crippen LogP contribution in [0.25, 0.3) is 11.0 Å². The Hall–Kier alpha value is -1.68. The molecule has 0 spiro atoms. The average molecular weight is 245 g/mol. The van der Waals surface area contributed by atoms with Crippen molar-refractivity contribution in [2.75, 3.05) is 6.54 Å². The van der Waals surface area contributed by atoms with E-state index < -0.39 is 5.41 Å². The summed E-state index contributed by atoms with van der Waals surface area (Å²) in [6.07, 6.45) is 0.329. The lowest BCUT2D eigenvalue weighted by Crippen LogP contribution is -2.34. The van der Waals surface area contributed by atoms with Gasteiger partial charge in [-0.3, -0.25) is 4.79 Å². The van der Waals surface area contributed by atoms with Crippen molar-refractivity contribution >= 4 is 16.8 Å². The van der Waals surface area contributed by atoms with Crippen molar-refractivity contribution in [3.05, 3.63) is 30.1 Å². The van der Waals surface area contributed by atoms with Crippen LogP contribution >= 0.6 is 0 Å². The number of imidazole rings is 1. The molecule has 0 amide bonds. The van der Waals surface area contributed by atoms with Crippen LogP contribution < -0.4 is 5.73 Å². The van der Waals surface area contributed by atoms with Crippen LogP contribution in [0.1, 0.15) is 19.7 Å². The first kappa shape index (κ1) is 12.8.